The van der Waals surface area contributed by atoms with Gasteiger partial charge in [0.25, 0.3) is 5.91 Å². The molecule has 0 aromatic carbocycles. The molecule has 0 aliphatic rings. The van der Waals surface area contributed by atoms with Crippen LogP contribution in [0.2, 0.25) is 0 Å². The Balaban J connectivity index is 2.23. The molecule has 0 saturated heterocycles. The highest BCUT2D eigenvalue weighted by molar-refractivity contribution is 7.17. The van der Waals surface area contributed by atoms with E-state index in [1.807, 2.05) is 0 Å². The molecule has 0 saturated carbocycles. The van der Waals surface area contributed by atoms with Crippen molar-refractivity contribution in [1.82, 2.24) is 4.98 Å². The number of carbonyl (C=O) groups excluding carboxylic acids is 1. The number of aromatic nitrogens is 1. The van der Waals surface area contributed by atoms with Crippen LogP contribution < -0.4 is 5.32 Å². The van der Waals surface area contributed by atoms with E-state index in [-0.39, 0.29) is 21.3 Å². The fourth-order valence-electron chi connectivity index (χ4n) is 1.59. The topological polar surface area (TPSA) is 125 Å². The van der Waals surface area contributed by atoms with Gasteiger partial charge in [0, 0.05) is 11.8 Å². The molecule has 20 heavy (non-hydrogen) atoms. The summed E-state index contributed by atoms with van der Waals surface area (Å²) < 4.78 is 0. The zero-order valence-corrected chi connectivity index (χ0v) is 11.0. The third kappa shape index (κ3) is 2.67. The predicted molar refractivity (Wildman–Crippen MR) is 71.4 cm³/mol. The van der Waals surface area contributed by atoms with Crippen molar-refractivity contribution in [3.63, 3.8) is 0 Å². The summed E-state index contributed by atoms with van der Waals surface area (Å²) in [6.07, 6.45) is 0. The maximum absolute atomic E-state index is 11.9. The Labute approximate surface area is 116 Å². The molecule has 0 aliphatic heterocycles. The number of nitrogens with one attached hydrogen (secondary N) is 2. The van der Waals surface area contributed by atoms with Crippen LogP contribution in [0.25, 0.3) is 0 Å². The molecule has 0 aliphatic carbocycles. The second kappa shape index (κ2) is 5.13. The number of thiophene rings is 1. The minimum absolute atomic E-state index is 0.121. The standard InChI is InChI=1S/C11H9N3O5S/c1-5-4-6(9(12-5)11(16)17)13-10(15)7-2-3-8(20-7)14(18)19/h2-4,12H,1H3,(H,13,15)(H,16,17). The number of carbonyl (C=O) groups is 2. The molecule has 0 fully saturated rings. The molecule has 1 amide bonds. The van der Waals surface area contributed by atoms with E-state index < -0.39 is 16.8 Å². The highest BCUT2D eigenvalue weighted by Crippen LogP contribution is 2.25. The van der Waals surface area contributed by atoms with Crippen molar-refractivity contribution in [2.75, 3.05) is 5.32 Å². The summed E-state index contributed by atoms with van der Waals surface area (Å²) in [5, 5.41) is 21.8. The van der Waals surface area contributed by atoms with Crippen molar-refractivity contribution >= 4 is 33.9 Å². The Morgan fingerprint density at radius 3 is 2.70 bits per heavy atom. The highest BCUT2D eigenvalue weighted by atomic mass is 32.1. The average Bonchev–Trinajstić information content (AvgIpc) is 2.95. The fourth-order valence-corrected chi connectivity index (χ4v) is 2.30. The minimum atomic E-state index is -1.20. The number of nitrogens with zero attached hydrogens (tertiary/aromatic N) is 1. The SMILES string of the molecule is Cc1cc(NC(=O)c2ccc([N+](=O)[O-])s2)c(C(=O)O)[nH]1. The normalized spacial score (nSPS) is 10.2. The lowest BCUT2D eigenvalue weighted by Gasteiger charge is -2.01. The Morgan fingerprint density at radius 1 is 1.45 bits per heavy atom. The maximum Gasteiger partial charge on any atom is 0.354 e. The number of aryl methyl sites for hydroxylation is 1. The second-order valence-corrected chi connectivity index (χ2v) is 4.96. The van der Waals surface area contributed by atoms with Gasteiger partial charge >= 0.3 is 11.0 Å². The first-order valence-electron chi connectivity index (χ1n) is 5.37. The van der Waals surface area contributed by atoms with Crippen molar-refractivity contribution < 1.29 is 19.6 Å². The first-order chi connectivity index (χ1) is 9.38. The molecule has 2 aromatic heterocycles. The van der Waals surface area contributed by atoms with Crippen LogP contribution in [0.3, 0.4) is 0 Å². The third-order valence-corrected chi connectivity index (χ3v) is 3.45. The number of aromatic carboxylic acids is 1. The molecule has 0 unspecified atom stereocenters. The van der Waals surface area contributed by atoms with E-state index >= 15 is 0 Å². The first kappa shape index (κ1) is 13.7. The van der Waals surface area contributed by atoms with E-state index in [0.29, 0.717) is 5.69 Å². The summed E-state index contributed by atoms with van der Waals surface area (Å²) in [5.74, 6) is -1.80. The molecular weight excluding hydrogens is 286 g/mol. The van der Waals surface area contributed by atoms with Gasteiger partial charge in [-0.1, -0.05) is 11.3 Å². The molecule has 9 heteroatoms. The van der Waals surface area contributed by atoms with E-state index in [0.717, 1.165) is 11.3 Å². The average molecular weight is 295 g/mol. The molecule has 2 rings (SSSR count). The number of rotatable bonds is 4. The van der Waals surface area contributed by atoms with E-state index in [1.165, 1.54) is 18.2 Å². The molecule has 2 aromatic rings. The summed E-state index contributed by atoms with van der Waals surface area (Å²) in [7, 11) is 0. The van der Waals surface area contributed by atoms with E-state index in [4.69, 9.17) is 5.11 Å². The Kier molecular flexibility index (Phi) is 3.53. The molecule has 0 radical (unpaired) electrons. The summed E-state index contributed by atoms with van der Waals surface area (Å²) >= 11 is 0.721. The van der Waals surface area contributed by atoms with Gasteiger partial charge in [0.05, 0.1) is 15.5 Å². The summed E-state index contributed by atoms with van der Waals surface area (Å²) in [4.78, 5) is 35.6. The number of hydrogen-bond acceptors (Lipinski definition) is 5. The van der Waals surface area contributed by atoms with Crippen LogP contribution in [-0.4, -0.2) is 26.9 Å². The van der Waals surface area contributed by atoms with Gasteiger partial charge in [-0.25, -0.2) is 4.79 Å². The number of carboxylic acid groups (broad SMARTS) is 1. The van der Waals surface area contributed by atoms with E-state index in [9.17, 15) is 19.7 Å². The third-order valence-electron chi connectivity index (χ3n) is 2.41. The van der Waals surface area contributed by atoms with Crippen LogP contribution >= 0.6 is 11.3 Å². The maximum atomic E-state index is 11.9. The second-order valence-electron chi connectivity index (χ2n) is 3.90. The van der Waals surface area contributed by atoms with Gasteiger partial charge in [-0.15, -0.1) is 0 Å². The number of anilines is 1. The van der Waals surface area contributed by atoms with Gasteiger partial charge in [-0.05, 0) is 19.1 Å². The first-order valence-corrected chi connectivity index (χ1v) is 6.18. The molecule has 2 heterocycles. The lowest BCUT2D eigenvalue weighted by atomic mass is 10.3. The fraction of sp³-hybridized carbons (Fsp3) is 0.0909. The van der Waals surface area contributed by atoms with Crippen LogP contribution in [0.15, 0.2) is 18.2 Å². The molecule has 0 bridgehead atoms. The molecule has 0 atom stereocenters. The molecule has 0 spiro atoms. The van der Waals surface area contributed by atoms with Crippen molar-refractivity contribution in [2.45, 2.75) is 6.92 Å². The zero-order chi connectivity index (χ0) is 14.9. The van der Waals surface area contributed by atoms with Gasteiger partial charge in [-0.2, -0.15) is 0 Å². The minimum Gasteiger partial charge on any atom is -0.477 e. The molecule has 8 nitrogen and oxygen atoms in total. The highest BCUT2D eigenvalue weighted by Gasteiger charge is 2.19. The van der Waals surface area contributed by atoms with Gasteiger partial charge in [-0.3, -0.25) is 14.9 Å². The van der Waals surface area contributed by atoms with Gasteiger partial charge in [0.1, 0.15) is 5.69 Å². The summed E-state index contributed by atoms with van der Waals surface area (Å²) in [6, 6.07) is 4.02. The van der Waals surface area contributed by atoms with E-state index in [2.05, 4.69) is 10.3 Å². The van der Waals surface area contributed by atoms with Crippen molar-refractivity contribution in [2.24, 2.45) is 0 Å². The number of H-pyrrole nitrogens is 1. The van der Waals surface area contributed by atoms with Crippen molar-refractivity contribution in [3.05, 3.63) is 44.6 Å². The van der Waals surface area contributed by atoms with Gasteiger partial charge in [0.2, 0.25) is 0 Å². The van der Waals surface area contributed by atoms with Crippen molar-refractivity contribution in [1.29, 1.82) is 0 Å². The lowest BCUT2D eigenvalue weighted by molar-refractivity contribution is -0.380. The van der Waals surface area contributed by atoms with Gasteiger partial charge in [0.15, 0.2) is 0 Å². The lowest BCUT2D eigenvalue weighted by Crippen LogP contribution is -2.12. The molecule has 104 valence electrons. The van der Waals surface area contributed by atoms with Crippen LogP contribution in [-0.2, 0) is 0 Å². The number of hydrogen-bond donors (Lipinski definition) is 3. The van der Waals surface area contributed by atoms with Crippen LogP contribution in [0.5, 0.6) is 0 Å². The summed E-state index contributed by atoms with van der Waals surface area (Å²) in [5.41, 5.74) is 0.563. The Hall–Kier alpha value is -2.68. The predicted octanol–water partition coefficient (Wildman–Crippen LogP) is 2.24. The number of amides is 1. The summed E-state index contributed by atoms with van der Waals surface area (Å²) in [6.45, 7) is 1.65. The van der Waals surface area contributed by atoms with Crippen LogP contribution in [0, 0.1) is 17.0 Å². The Morgan fingerprint density at radius 2 is 2.15 bits per heavy atom. The number of carboxylic acids is 1. The molecule has 3 N–H and O–H groups in total. The van der Waals surface area contributed by atoms with E-state index in [1.54, 1.807) is 6.92 Å². The molecular formula is C11H9N3O5S. The quantitative estimate of drug-likeness (QED) is 0.589. The van der Waals surface area contributed by atoms with Crippen LogP contribution in [0.4, 0.5) is 10.7 Å². The zero-order valence-electron chi connectivity index (χ0n) is 10.2. The number of aromatic amines is 1. The van der Waals surface area contributed by atoms with Gasteiger partial charge < -0.3 is 15.4 Å². The van der Waals surface area contributed by atoms with Crippen molar-refractivity contribution in [3.8, 4) is 0 Å². The smallest absolute Gasteiger partial charge is 0.354 e. The largest absolute Gasteiger partial charge is 0.477 e. The Bertz CT molecular complexity index is 703. The number of nitro groups is 1. The van der Waals surface area contributed by atoms with Crippen LogP contribution in [0.1, 0.15) is 25.9 Å². The monoisotopic (exact) mass is 295 g/mol.